The van der Waals surface area contributed by atoms with Crippen molar-refractivity contribution in [3.8, 4) is 0 Å². The van der Waals surface area contributed by atoms with Gasteiger partial charge >= 0.3 is 0 Å². The number of aromatic nitrogens is 1. The fourth-order valence-corrected chi connectivity index (χ4v) is 5.11. The minimum absolute atomic E-state index is 0.0111. The number of nitrogens with zero attached hydrogens (tertiary/aromatic N) is 4. The molecule has 1 aromatic heterocycles. The number of anilines is 1. The predicted octanol–water partition coefficient (Wildman–Crippen LogP) is 1.72. The van der Waals surface area contributed by atoms with Gasteiger partial charge in [0.15, 0.2) is 5.13 Å². The number of hydrogen-bond donors (Lipinski definition) is 2. The highest BCUT2D eigenvalue weighted by Gasteiger charge is 2.30. The largest absolute Gasteiger partial charge is 0.394 e. The highest BCUT2D eigenvalue weighted by molar-refractivity contribution is 7.14. The number of carbonyl (C=O) groups is 3. The maximum absolute atomic E-state index is 12.7. The Morgan fingerprint density at radius 2 is 1.82 bits per heavy atom. The van der Waals surface area contributed by atoms with Crippen molar-refractivity contribution >= 4 is 45.8 Å². The third-order valence-corrected chi connectivity index (χ3v) is 7.26. The van der Waals surface area contributed by atoms with Gasteiger partial charge in [0.2, 0.25) is 11.8 Å². The van der Waals surface area contributed by atoms with Crippen LogP contribution in [0.3, 0.4) is 0 Å². The summed E-state index contributed by atoms with van der Waals surface area (Å²) >= 11 is 7.13. The second-order valence-electron chi connectivity index (χ2n) is 8.50. The number of amides is 3. The third-order valence-electron chi connectivity index (χ3n) is 6.20. The minimum atomic E-state index is -0.284. The van der Waals surface area contributed by atoms with Crippen LogP contribution in [0.5, 0.6) is 0 Å². The maximum atomic E-state index is 12.7. The number of likely N-dealkylation sites (tertiary alicyclic amines) is 1. The first-order valence-corrected chi connectivity index (χ1v) is 12.6. The molecule has 0 unspecified atom stereocenters. The number of benzene rings is 1. The first-order chi connectivity index (χ1) is 16.4. The highest BCUT2D eigenvalue weighted by Crippen LogP contribution is 2.19. The van der Waals surface area contributed by atoms with E-state index in [0.29, 0.717) is 60.7 Å². The van der Waals surface area contributed by atoms with Crippen molar-refractivity contribution in [2.24, 2.45) is 0 Å². The van der Waals surface area contributed by atoms with Crippen molar-refractivity contribution in [3.05, 3.63) is 45.9 Å². The van der Waals surface area contributed by atoms with E-state index in [1.807, 2.05) is 0 Å². The van der Waals surface area contributed by atoms with E-state index in [-0.39, 0.29) is 36.8 Å². The number of nitrogens with one attached hydrogen (secondary N) is 1. The molecule has 0 saturated carbocycles. The molecule has 0 spiro atoms. The number of rotatable bonds is 7. The van der Waals surface area contributed by atoms with Crippen LogP contribution in [0.4, 0.5) is 5.13 Å². The Balaban J connectivity index is 1.22. The fraction of sp³-hybridized carbons (Fsp3) is 0.478. The standard InChI is InChI=1S/C23H28ClN5O4S/c24-17-5-3-16(4-6-17)22(33)26-23-25-18(15-34-23)12-20(31)28-10-8-27(9-11-28)13-21(32)29-7-1-2-19(29)14-30/h3-6,15,19,30H,1-2,7-14H2,(H,25,26,33)/t19-/m0/s1. The van der Waals surface area contributed by atoms with Crippen LogP contribution >= 0.6 is 22.9 Å². The van der Waals surface area contributed by atoms with E-state index < -0.39 is 0 Å². The molecule has 2 N–H and O–H groups in total. The lowest BCUT2D eigenvalue weighted by Crippen LogP contribution is -2.52. The third kappa shape index (κ3) is 6.12. The van der Waals surface area contributed by atoms with Crippen molar-refractivity contribution in [3.63, 3.8) is 0 Å². The van der Waals surface area contributed by atoms with Crippen LogP contribution in [0.1, 0.15) is 28.9 Å². The highest BCUT2D eigenvalue weighted by atomic mass is 35.5. The molecule has 1 atom stereocenters. The molecule has 4 rings (SSSR count). The zero-order valence-electron chi connectivity index (χ0n) is 18.8. The summed E-state index contributed by atoms with van der Waals surface area (Å²) in [5.74, 6) is -0.257. The molecule has 11 heteroatoms. The van der Waals surface area contributed by atoms with Gasteiger partial charge in [-0.3, -0.25) is 24.6 Å². The SMILES string of the molecule is O=C(Nc1nc(CC(=O)N2CCN(CC(=O)N3CCC[C@H]3CO)CC2)cs1)c1ccc(Cl)cc1. The van der Waals surface area contributed by atoms with Crippen molar-refractivity contribution in [1.82, 2.24) is 19.7 Å². The van der Waals surface area contributed by atoms with Gasteiger partial charge in [0.1, 0.15) is 0 Å². The number of hydrogen-bond acceptors (Lipinski definition) is 7. The molecule has 2 saturated heterocycles. The van der Waals surface area contributed by atoms with Gasteiger partial charge in [-0.2, -0.15) is 0 Å². The van der Waals surface area contributed by atoms with Crippen molar-refractivity contribution in [2.75, 3.05) is 51.2 Å². The number of aliphatic hydroxyl groups excluding tert-OH is 1. The van der Waals surface area contributed by atoms with Crippen molar-refractivity contribution in [1.29, 1.82) is 0 Å². The Morgan fingerprint density at radius 3 is 2.53 bits per heavy atom. The number of halogens is 1. The summed E-state index contributed by atoms with van der Waals surface area (Å²) in [4.78, 5) is 47.6. The first-order valence-electron chi connectivity index (χ1n) is 11.3. The van der Waals surface area contributed by atoms with Crippen LogP contribution in [-0.2, 0) is 16.0 Å². The van der Waals surface area contributed by atoms with Crippen LogP contribution in [0.2, 0.25) is 5.02 Å². The molecule has 2 fully saturated rings. The van der Waals surface area contributed by atoms with Crippen LogP contribution in [0.15, 0.2) is 29.6 Å². The number of piperazine rings is 1. The molecule has 1 aromatic carbocycles. The summed E-state index contributed by atoms with van der Waals surface area (Å²) in [7, 11) is 0. The zero-order chi connectivity index (χ0) is 24.1. The average molecular weight is 506 g/mol. The lowest BCUT2D eigenvalue weighted by molar-refractivity contribution is -0.135. The molecule has 3 heterocycles. The van der Waals surface area contributed by atoms with E-state index in [2.05, 4.69) is 15.2 Å². The Morgan fingerprint density at radius 1 is 1.09 bits per heavy atom. The van der Waals surface area contributed by atoms with Gasteiger partial charge in [0, 0.05) is 48.7 Å². The monoisotopic (exact) mass is 505 g/mol. The summed E-state index contributed by atoms with van der Waals surface area (Å²) < 4.78 is 0. The van der Waals surface area contributed by atoms with Gasteiger partial charge in [-0.1, -0.05) is 11.6 Å². The lowest BCUT2D eigenvalue weighted by atomic mass is 10.2. The lowest BCUT2D eigenvalue weighted by Gasteiger charge is -2.35. The maximum Gasteiger partial charge on any atom is 0.257 e. The second-order valence-corrected chi connectivity index (χ2v) is 9.80. The Hall–Kier alpha value is -2.53. The summed E-state index contributed by atoms with van der Waals surface area (Å²) in [5.41, 5.74) is 1.09. The van der Waals surface area contributed by atoms with Crippen LogP contribution in [0, 0.1) is 0 Å². The molecule has 3 amide bonds. The van der Waals surface area contributed by atoms with E-state index in [9.17, 15) is 19.5 Å². The molecular weight excluding hydrogens is 478 g/mol. The van der Waals surface area contributed by atoms with Crippen LogP contribution in [-0.4, -0.2) is 94.4 Å². The Bertz CT molecular complexity index is 1020. The topological polar surface area (TPSA) is 106 Å². The molecule has 0 aliphatic carbocycles. The zero-order valence-corrected chi connectivity index (χ0v) is 20.4. The Labute approximate surface area is 207 Å². The van der Waals surface area contributed by atoms with E-state index in [0.717, 1.165) is 12.8 Å². The van der Waals surface area contributed by atoms with E-state index in [1.54, 1.807) is 39.4 Å². The number of thiazole rings is 1. The minimum Gasteiger partial charge on any atom is -0.394 e. The van der Waals surface area contributed by atoms with Crippen LogP contribution in [0.25, 0.3) is 0 Å². The summed E-state index contributed by atoms with van der Waals surface area (Å²) in [6.45, 7) is 3.42. The summed E-state index contributed by atoms with van der Waals surface area (Å²) in [6, 6.07) is 6.51. The van der Waals surface area contributed by atoms with E-state index in [1.165, 1.54) is 11.3 Å². The average Bonchev–Trinajstić information content (AvgIpc) is 3.49. The van der Waals surface area contributed by atoms with E-state index >= 15 is 0 Å². The van der Waals surface area contributed by atoms with Gasteiger partial charge in [0.05, 0.1) is 31.3 Å². The Kier molecular flexibility index (Phi) is 8.15. The molecule has 0 radical (unpaired) electrons. The molecule has 2 aliphatic rings. The second kappa shape index (κ2) is 11.3. The first kappa shape index (κ1) is 24.6. The number of carbonyl (C=O) groups excluding carboxylic acids is 3. The van der Waals surface area contributed by atoms with Crippen molar-refractivity contribution in [2.45, 2.75) is 25.3 Å². The van der Waals surface area contributed by atoms with Crippen molar-refractivity contribution < 1.29 is 19.5 Å². The predicted molar refractivity (Wildman–Crippen MR) is 130 cm³/mol. The molecule has 182 valence electrons. The van der Waals surface area contributed by atoms with Gasteiger partial charge < -0.3 is 14.9 Å². The smallest absolute Gasteiger partial charge is 0.257 e. The quantitative estimate of drug-likeness (QED) is 0.593. The fourth-order valence-electron chi connectivity index (χ4n) is 4.27. The van der Waals surface area contributed by atoms with Gasteiger partial charge in [0.25, 0.3) is 5.91 Å². The van der Waals surface area contributed by atoms with Gasteiger partial charge in [-0.15, -0.1) is 11.3 Å². The molecule has 0 bridgehead atoms. The normalized spacial score (nSPS) is 18.8. The summed E-state index contributed by atoms with van der Waals surface area (Å²) in [5, 5.41) is 15.0. The molecule has 9 nitrogen and oxygen atoms in total. The van der Waals surface area contributed by atoms with Gasteiger partial charge in [-0.25, -0.2) is 4.98 Å². The number of aliphatic hydroxyl groups is 1. The molecule has 2 aliphatic heterocycles. The van der Waals surface area contributed by atoms with Crippen LogP contribution < -0.4 is 5.32 Å². The van der Waals surface area contributed by atoms with E-state index in [4.69, 9.17) is 11.6 Å². The summed E-state index contributed by atoms with van der Waals surface area (Å²) in [6.07, 6.45) is 1.95. The molecule has 2 aromatic rings. The molecule has 34 heavy (non-hydrogen) atoms. The molecular formula is C23H28ClN5O4S. The van der Waals surface area contributed by atoms with Gasteiger partial charge in [-0.05, 0) is 37.1 Å².